The van der Waals surface area contributed by atoms with Crippen molar-refractivity contribution in [3.63, 3.8) is 0 Å². The molecule has 2 heterocycles. The zero-order valence-electron chi connectivity index (χ0n) is 18.7. The Hall–Kier alpha value is -2.44. The summed E-state index contributed by atoms with van der Waals surface area (Å²) in [4.78, 5) is 15.0. The Kier molecular flexibility index (Phi) is 6.82. The number of hydrogen-bond acceptors (Lipinski definition) is 5. The van der Waals surface area contributed by atoms with Gasteiger partial charge in [0.15, 0.2) is 11.5 Å². The van der Waals surface area contributed by atoms with Gasteiger partial charge in [0.1, 0.15) is 0 Å². The zero-order valence-corrected chi connectivity index (χ0v) is 19.5. The van der Waals surface area contributed by atoms with E-state index in [0.29, 0.717) is 0 Å². The summed E-state index contributed by atoms with van der Waals surface area (Å²) in [5.41, 5.74) is 4.53. The molecule has 0 bridgehead atoms. The molecule has 1 saturated carbocycles. The van der Waals surface area contributed by atoms with Crippen LogP contribution in [0.15, 0.2) is 36.4 Å². The summed E-state index contributed by atoms with van der Waals surface area (Å²) >= 11 is 0. The molecule has 32 heavy (non-hydrogen) atoms. The van der Waals surface area contributed by atoms with Gasteiger partial charge in [0, 0.05) is 18.5 Å². The third-order valence-electron chi connectivity index (χ3n) is 6.84. The number of halogens is 1. The lowest BCUT2D eigenvalue weighted by Gasteiger charge is -2.46. The minimum Gasteiger partial charge on any atom is -0.493 e. The quantitative estimate of drug-likeness (QED) is 0.661. The fourth-order valence-electron chi connectivity index (χ4n) is 5.07. The van der Waals surface area contributed by atoms with E-state index in [1.165, 1.54) is 11.1 Å². The van der Waals surface area contributed by atoms with Crippen molar-refractivity contribution >= 4 is 29.7 Å². The average Bonchev–Trinajstić information content (AvgIpc) is 3.65. The van der Waals surface area contributed by atoms with Gasteiger partial charge in [-0.05, 0) is 74.0 Å². The minimum absolute atomic E-state index is 0. The number of carbonyl (C=O) groups excluding carboxylic acids is 1. The first-order chi connectivity index (χ1) is 15.2. The molecular formula is C25H32ClN3O3. The van der Waals surface area contributed by atoms with Crippen LogP contribution in [-0.2, 0) is 11.2 Å². The molecule has 2 aromatic rings. The van der Waals surface area contributed by atoms with E-state index in [9.17, 15) is 4.79 Å². The van der Waals surface area contributed by atoms with Crippen LogP contribution in [0.3, 0.4) is 0 Å². The fourth-order valence-corrected chi connectivity index (χ4v) is 5.07. The molecule has 0 radical (unpaired) electrons. The van der Waals surface area contributed by atoms with E-state index < -0.39 is 0 Å². The number of hydrogen-bond donors (Lipinski definition) is 2. The lowest BCUT2D eigenvalue weighted by atomic mass is 9.83. The topological polar surface area (TPSA) is 62.8 Å². The maximum absolute atomic E-state index is 12.4. The average molecular weight is 458 g/mol. The lowest BCUT2D eigenvalue weighted by Crippen LogP contribution is -2.48. The highest BCUT2D eigenvalue weighted by molar-refractivity contribution is 5.96. The smallest absolute Gasteiger partial charge is 0.227 e. The molecule has 6 nitrogen and oxygen atoms in total. The number of piperidine rings is 1. The highest BCUT2D eigenvalue weighted by Crippen LogP contribution is 2.43. The van der Waals surface area contributed by atoms with Gasteiger partial charge in [-0.25, -0.2) is 0 Å². The first kappa shape index (κ1) is 22.7. The van der Waals surface area contributed by atoms with Gasteiger partial charge in [0.05, 0.1) is 31.6 Å². The molecule has 2 N–H and O–H groups in total. The van der Waals surface area contributed by atoms with Gasteiger partial charge in [0.2, 0.25) is 5.91 Å². The van der Waals surface area contributed by atoms with Crippen LogP contribution < -0.4 is 20.1 Å². The van der Waals surface area contributed by atoms with Crippen LogP contribution in [0.25, 0.3) is 0 Å². The van der Waals surface area contributed by atoms with Gasteiger partial charge in [-0.3, -0.25) is 9.69 Å². The second-order valence-corrected chi connectivity index (χ2v) is 8.84. The van der Waals surface area contributed by atoms with Crippen molar-refractivity contribution in [3.8, 4) is 11.5 Å². The van der Waals surface area contributed by atoms with Crippen LogP contribution in [0, 0.1) is 5.92 Å². The van der Waals surface area contributed by atoms with Crippen molar-refractivity contribution < 1.29 is 14.3 Å². The van der Waals surface area contributed by atoms with E-state index in [0.717, 1.165) is 68.1 Å². The predicted molar refractivity (Wildman–Crippen MR) is 129 cm³/mol. The molecule has 1 aliphatic carbocycles. The molecular weight excluding hydrogens is 426 g/mol. The van der Waals surface area contributed by atoms with E-state index >= 15 is 0 Å². The maximum atomic E-state index is 12.4. The number of anilines is 2. The van der Waals surface area contributed by atoms with Crippen LogP contribution in [-0.4, -0.2) is 44.2 Å². The Labute approximate surface area is 196 Å². The highest BCUT2D eigenvalue weighted by atomic mass is 35.5. The third-order valence-corrected chi connectivity index (χ3v) is 6.84. The van der Waals surface area contributed by atoms with Crippen molar-refractivity contribution in [1.82, 2.24) is 4.90 Å². The molecule has 1 saturated heterocycles. The molecule has 5 rings (SSSR count). The lowest BCUT2D eigenvalue weighted by molar-refractivity contribution is -0.117. The third kappa shape index (κ3) is 4.39. The second-order valence-electron chi connectivity index (χ2n) is 8.84. The van der Waals surface area contributed by atoms with Crippen LogP contribution in [0.1, 0.15) is 42.9 Å². The highest BCUT2D eigenvalue weighted by Gasteiger charge is 2.37. The van der Waals surface area contributed by atoms with Gasteiger partial charge in [-0.2, -0.15) is 0 Å². The molecule has 2 atom stereocenters. The summed E-state index contributed by atoms with van der Waals surface area (Å²) < 4.78 is 11.2. The molecule has 2 aromatic carbocycles. The van der Waals surface area contributed by atoms with Crippen molar-refractivity contribution in [3.05, 3.63) is 47.5 Å². The van der Waals surface area contributed by atoms with Crippen molar-refractivity contribution in [2.45, 2.75) is 44.2 Å². The number of amides is 1. The number of nitrogens with one attached hydrogen (secondary N) is 2. The SMILES string of the molecule is COc1cc2c(cc1OC)C1C(Nc3ccccc3NC(=O)C3CC3)CCCN1CC2.Cl. The van der Waals surface area contributed by atoms with Crippen molar-refractivity contribution in [2.24, 2.45) is 5.92 Å². The normalized spacial score (nSPS) is 22.1. The molecule has 3 aliphatic rings. The summed E-state index contributed by atoms with van der Waals surface area (Å²) in [5.74, 6) is 1.90. The van der Waals surface area contributed by atoms with Crippen LogP contribution in [0.5, 0.6) is 11.5 Å². The van der Waals surface area contributed by atoms with Crippen LogP contribution in [0.4, 0.5) is 11.4 Å². The van der Waals surface area contributed by atoms with E-state index in [1.807, 2.05) is 18.2 Å². The summed E-state index contributed by atoms with van der Waals surface area (Å²) in [7, 11) is 3.39. The van der Waals surface area contributed by atoms with Crippen molar-refractivity contribution in [1.29, 1.82) is 0 Å². The Morgan fingerprint density at radius 2 is 1.72 bits per heavy atom. The second kappa shape index (κ2) is 9.59. The molecule has 2 aliphatic heterocycles. The summed E-state index contributed by atoms with van der Waals surface area (Å²) in [6, 6.07) is 12.9. The van der Waals surface area contributed by atoms with Gasteiger partial charge < -0.3 is 20.1 Å². The van der Waals surface area contributed by atoms with Crippen molar-refractivity contribution in [2.75, 3.05) is 37.9 Å². The predicted octanol–water partition coefficient (Wildman–Crippen LogP) is 4.65. The fraction of sp³-hybridized carbons (Fsp3) is 0.480. The van der Waals surface area contributed by atoms with Gasteiger partial charge in [-0.15, -0.1) is 12.4 Å². The number of para-hydroxylation sites is 2. The number of fused-ring (bicyclic) bond motifs is 3. The summed E-state index contributed by atoms with van der Waals surface area (Å²) in [6.07, 6.45) is 5.27. The number of carbonyl (C=O) groups is 1. The molecule has 1 amide bonds. The Morgan fingerprint density at radius 3 is 2.44 bits per heavy atom. The minimum atomic E-state index is 0. The molecule has 2 fully saturated rings. The Morgan fingerprint density at radius 1 is 1.00 bits per heavy atom. The first-order valence-corrected chi connectivity index (χ1v) is 11.3. The largest absolute Gasteiger partial charge is 0.493 e. The number of nitrogens with zero attached hydrogens (tertiary/aromatic N) is 1. The standard InChI is InChI=1S/C25H31N3O3.ClH/c1-30-22-14-17-11-13-28-12-5-8-21(24(28)18(17)15-23(22)31-2)26-19-6-3-4-7-20(19)27-25(29)16-9-10-16;/h3-4,6-7,14-16,21,24,26H,5,8-13H2,1-2H3,(H,27,29);1H. The molecule has 0 spiro atoms. The molecule has 2 unspecified atom stereocenters. The Bertz CT molecular complexity index is 979. The summed E-state index contributed by atoms with van der Waals surface area (Å²) in [6.45, 7) is 2.15. The van der Waals surface area contributed by atoms with E-state index in [4.69, 9.17) is 9.47 Å². The Balaban J connectivity index is 0.00000245. The molecule has 0 aromatic heterocycles. The monoisotopic (exact) mass is 457 g/mol. The van der Waals surface area contributed by atoms with E-state index in [1.54, 1.807) is 14.2 Å². The zero-order chi connectivity index (χ0) is 21.4. The van der Waals surface area contributed by atoms with E-state index in [-0.39, 0.29) is 36.3 Å². The molecule has 172 valence electrons. The van der Waals surface area contributed by atoms with Gasteiger partial charge in [0.25, 0.3) is 0 Å². The van der Waals surface area contributed by atoms with Gasteiger partial charge >= 0.3 is 0 Å². The number of rotatable bonds is 6. The summed E-state index contributed by atoms with van der Waals surface area (Å²) in [5, 5.41) is 6.93. The maximum Gasteiger partial charge on any atom is 0.227 e. The van der Waals surface area contributed by atoms with Crippen LogP contribution >= 0.6 is 12.4 Å². The molecule has 7 heteroatoms. The number of benzene rings is 2. The van der Waals surface area contributed by atoms with Gasteiger partial charge in [-0.1, -0.05) is 12.1 Å². The first-order valence-electron chi connectivity index (χ1n) is 11.3. The number of ether oxygens (including phenoxy) is 2. The van der Waals surface area contributed by atoms with E-state index in [2.05, 4.69) is 33.7 Å². The number of methoxy groups -OCH3 is 2. The van der Waals surface area contributed by atoms with Crippen LogP contribution in [0.2, 0.25) is 0 Å².